The maximum atomic E-state index is 12.4. The van der Waals surface area contributed by atoms with Gasteiger partial charge in [0.1, 0.15) is 0 Å². The molecule has 94 valence electrons. The molecule has 0 bridgehead atoms. The molecule has 2 nitrogen and oxygen atoms in total. The molecule has 1 heterocycles. The minimum Gasteiger partial charge on any atom is -0.309 e. The molecule has 1 aliphatic heterocycles. The highest BCUT2D eigenvalue weighted by Crippen LogP contribution is 2.44. The van der Waals surface area contributed by atoms with E-state index in [4.69, 9.17) is 23.2 Å². The molecule has 1 aromatic rings. The molecular weight excluding hydrogens is 277 g/mol. The Hall–Kier alpha value is -0.0900. The molecule has 1 N–H and O–H groups in total. The highest BCUT2D eigenvalue weighted by molar-refractivity contribution is 7.86. The summed E-state index contributed by atoms with van der Waals surface area (Å²) in [6.45, 7) is 4.90. The largest absolute Gasteiger partial charge is 0.309 e. The third kappa shape index (κ3) is 2.14. The number of rotatable bonds is 3. The second-order valence-electron chi connectivity index (χ2n) is 4.05. The summed E-state index contributed by atoms with van der Waals surface area (Å²) in [4.78, 5) is 0.719. The predicted octanol–water partition coefficient (Wildman–Crippen LogP) is 3.54. The Kier molecular flexibility index (Phi) is 4.14. The van der Waals surface area contributed by atoms with Gasteiger partial charge < -0.3 is 5.32 Å². The Labute approximate surface area is 114 Å². The summed E-state index contributed by atoms with van der Waals surface area (Å²) in [7, 11) is -1.07. The minimum atomic E-state index is -1.07. The van der Waals surface area contributed by atoms with Gasteiger partial charge in [-0.3, -0.25) is 4.21 Å². The van der Waals surface area contributed by atoms with Gasteiger partial charge in [-0.05, 0) is 25.1 Å². The van der Waals surface area contributed by atoms with Crippen LogP contribution in [0.25, 0.3) is 0 Å². The molecule has 0 radical (unpaired) electrons. The first kappa shape index (κ1) is 13.3. The minimum absolute atomic E-state index is 0.0482. The molecular formula is C12H15Cl2NOS. The zero-order valence-corrected chi connectivity index (χ0v) is 12.1. The van der Waals surface area contributed by atoms with Gasteiger partial charge in [0.15, 0.2) is 0 Å². The maximum Gasteiger partial charge on any atom is 0.0641 e. The van der Waals surface area contributed by atoms with Gasteiger partial charge in [-0.1, -0.05) is 37.0 Å². The van der Waals surface area contributed by atoms with Crippen LogP contribution in [0.4, 0.5) is 0 Å². The Morgan fingerprint density at radius 2 is 1.94 bits per heavy atom. The second kappa shape index (κ2) is 5.27. The third-order valence-electron chi connectivity index (χ3n) is 3.08. The lowest BCUT2D eigenvalue weighted by Crippen LogP contribution is -2.29. The van der Waals surface area contributed by atoms with E-state index in [1.807, 2.05) is 13.8 Å². The van der Waals surface area contributed by atoms with Crippen molar-refractivity contribution in [2.75, 3.05) is 6.54 Å². The maximum absolute atomic E-state index is 12.4. The van der Waals surface area contributed by atoms with E-state index >= 15 is 0 Å². The number of hydrogen-bond acceptors (Lipinski definition) is 2. The molecule has 0 aliphatic carbocycles. The molecule has 3 unspecified atom stereocenters. The number of benzene rings is 1. The van der Waals surface area contributed by atoms with Crippen molar-refractivity contribution in [2.24, 2.45) is 0 Å². The van der Waals surface area contributed by atoms with Crippen molar-refractivity contribution in [3.63, 3.8) is 0 Å². The van der Waals surface area contributed by atoms with Gasteiger partial charge in [0.05, 0.1) is 26.0 Å². The van der Waals surface area contributed by atoms with Gasteiger partial charge in [-0.15, -0.1) is 0 Å². The van der Waals surface area contributed by atoms with E-state index < -0.39 is 10.8 Å². The Balaban J connectivity index is 2.58. The summed E-state index contributed by atoms with van der Waals surface area (Å²) in [5, 5.41) is 4.63. The molecule has 5 heteroatoms. The van der Waals surface area contributed by atoms with Gasteiger partial charge in [0, 0.05) is 16.6 Å². The van der Waals surface area contributed by atoms with Gasteiger partial charge >= 0.3 is 0 Å². The van der Waals surface area contributed by atoms with Crippen molar-refractivity contribution in [3.05, 3.63) is 27.7 Å². The van der Waals surface area contributed by atoms with Crippen LogP contribution in [0.5, 0.6) is 0 Å². The lowest BCUT2D eigenvalue weighted by Gasteiger charge is -2.19. The highest BCUT2D eigenvalue weighted by Gasteiger charge is 2.40. The van der Waals surface area contributed by atoms with Crippen LogP contribution in [-0.4, -0.2) is 16.0 Å². The fourth-order valence-corrected chi connectivity index (χ4v) is 4.87. The van der Waals surface area contributed by atoms with E-state index in [2.05, 4.69) is 5.32 Å². The zero-order chi connectivity index (χ0) is 12.6. The number of hydrogen-bond donors (Lipinski definition) is 1. The van der Waals surface area contributed by atoms with Crippen molar-refractivity contribution in [2.45, 2.75) is 36.5 Å². The zero-order valence-electron chi connectivity index (χ0n) is 9.80. The average molecular weight is 292 g/mol. The van der Waals surface area contributed by atoms with Crippen LogP contribution in [0.2, 0.25) is 10.0 Å². The molecule has 0 spiro atoms. The summed E-state index contributed by atoms with van der Waals surface area (Å²) in [6.07, 6.45) is 0.839. The van der Waals surface area contributed by atoms with Crippen molar-refractivity contribution in [3.8, 4) is 0 Å². The quantitative estimate of drug-likeness (QED) is 0.923. The van der Waals surface area contributed by atoms with Gasteiger partial charge in [0.2, 0.25) is 0 Å². The highest BCUT2D eigenvalue weighted by atomic mass is 35.5. The van der Waals surface area contributed by atoms with Crippen LogP contribution < -0.4 is 5.32 Å². The lowest BCUT2D eigenvalue weighted by atomic mass is 10.0. The molecule has 1 aromatic carbocycles. The predicted molar refractivity (Wildman–Crippen MR) is 73.4 cm³/mol. The SMILES string of the molecule is CCNC1c2c(Cl)ccc(Cl)c2S(=O)C1CC. The average Bonchev–Trinajstić information content (AvgIpc) is 2.59. The molecule has 2 rings (SSSR count). The number of halogens is 2. The Bertz CT molecular complexity index is 464. The molecule has 3 atom stereocenters. The van der Waals surface area contributed by atoms with E-state index in [1.54, 1.807) is 12.1 Å². The van der Waals surface area contributed by atoms with Gasteiger partial charge in [-0.25, -0.2) is 0 Å². The van der Waals surface area contributed by atoms with Crippen molar-refractivity contribution < 1.29 is 4.21 Å². The van der Waals surface area contributed by atoms with E-state index in [0.29, 0.717) is 10.0 Å². The summed E-state index contributed by atoms with van der Waals surface area (Å²) >= 11 is 12.4. The molecule has 1 aliphatic rings. The first-order chi connectivity index (χ1) is 8.11. The topological polar surface area (TPSA) is 29.1 Å². The monoisotopic (exact) mass is 291 g/mol. The normalized spacial score (nSPS) is 27.2. The van der Waals surface area contributed by atoms with Crippen molar-refractivity contribution in [1.29, 1.82) is 0 Å². The summed E-state index contributed by atoms with van der Waals surface area (Å²) in [5.41, 5.74) is 0.922. The van der Waals surface area contributed by atoms with E-state index in [-0.39, 0.29) is 11.3 Å². The van der Waals surface area contributed by atoms with E-state index in [1.165, 1.54) is 0 Å². The van der Waals surface area contributed by atoms with Crippen LogP contribution in [0.3, 0.4) is 0 Å². The Morgan fingerprint density at radius 1 is 1.29 bits per heavy atom. The molecule has 17 heavy (non-hydrogen) atoms. The van der Waals surface area contributed by atoms with E-state index in [9.17, 15) is 4.21 Å². The third-order valence-corrected chi connectivity index (χ3v) is 5.83. The standard InChI is InChI=1S/C12H15Cl2NOS/c1-3-9-11(15-4-2)10-7(13)5-6-8(14)12(10)17(9)16/h5-6,9,11,15H,3-4H2,1-2H3. The molecule has 0 aromatic heterocycles. The molecule has 0 amide bonds. The van der Waals surface area contributed by atoms with Gasteiger partial charge in [-0.2, -0.15) is 0 Å². The van der Waals surface area contributed by atoms with Crippen LogP contribution in [-0.2, 0) is 10.8 Å². The lowest BCUT2D eigenvalue weighted by molar-refractivity contribution is 0.521. The van der Waals surface area contributed by atoms with Crippen LogP contribution in [0.1, 0.15) is 31.9 Å². The first-order valence-electron chi connectivity index (χ1n) is 5.73. The van der Waals surface area contributed by atoms with Crippen molar-refractivity contribution >= 4 is 34.0 Å². The first-order valence-corrected chi connectivity index (χ1v) is 7.70. The van der Waals surface area contributed by atoms with Crippen molar-refractivity contribution in [1.82, 2.24) is 5.32 Å². The molecule has 0 saturated carbocycles. The van der Waals surface area contributed by atoms with E-state index in [0.717, 1.165) is 23.4 Å². The van der Waals surface area contributed by atoms with Crippen LogP contribution in [0, 0.1) is 0 Å². The number of fused-ring (bicyclic) bond motifs is 1. The van der Waals surface area contributed by atoms with Crippen LogP contribution in [0.15, 0.2) is 17.0 Å². The fourth-order valence-electron chi connectivity index (χ4n) is 2.34. The van der Waals surface area contributed by atoms with Crippen LogP contribution >= 0.6 is 23.2 Å². The number of nitrogens with one attached hydrogen (secondary N) is 1. The fraction of sp³-hybridized carbons (Fsp3) is 0.500. The molecule has 0 saturated heterocycles. The molecule has 0 fully saturated rings. The summed E-state index contributed by atoms with van der Waals surface area (Å²) in [5.74, 6) is 0. The summed E-state index contributed by atoms with van der Waals surface area (Å²) in [6, 6.07) is 3.55. The summed E-state index contributed by atoms with van der Waals surface area (Å²) < 4.78 is 12.4. The second-order valence-corrected chi connectivity index (χ2v) is 6.47. The van der Waals surface area contributed by atoms with Gasteiger partial charge in [0.25, 0.3) is 0 Å². The Morgan fingerprint density at radius 3 is 2.53 bits per heavy atom. The smallest absolute Gasteiger partial charge is 0.0641 e.